The van der Waals surface area contributed by atoms with Gasteiger partial charge in [-0.25, -0.2) is 0 Å². The van der Waals surface area contributed by atoms with Crippen LogP contribution in [0.1, 0.15) is 36.0 Å². The number of amides is 1. The lowest BCUT2D eigenvalue weighted by molar-refractivity contribution is 0.0928. The van der Waals surface area contributed by atoms with Crippen LogP contribution in [0.25, 0.3) is 0 Å². The molecule has 18 heavy (non-hydrogen) atoms. The lowest BCUT2D eigenvalue weighted by Gasteiger charge is -2.27. The van der Waals surface area contributed by atoms with Gasteiger partial charge in [0.25, 0.3) is 5.91 Å². The highest BCUT2D eigenvalue weighted by Gasteiger charge is 2.24. The van der Waals surface area contributed by atoms with Crippen molar-refractivity contribution >= 4 is 17.5 Å². The number of halogens is 1. The average Bonchev–Trinajstić information content (AvgIpc) is 2.41. The summed E-state index contributed by atoms with van der Waals surface area (Å²) < 4.78 is 5.06. The Hall–Kier alpha value is -1.22. The Bertz CT molecular complexity index is 405. The van der Waals surface area contributed by atoms with E-state index >= 15 is 0 Å². The summed E-state index contributed by atoms with van der Waals surface area (Å²) in [4.78, 5) is 12.0. The Morgan fingerprint density at radius 3 is 2.56 bits per heavy atom. The van der Waals surface area contributed by atoms with Crippen molar-refractivity contribution in [1.82, 2.24) is 5.32 Å². The zero-order chi connectivity index (χ0) is 13.0. The lowest BCUT2D eigenvalue weighted by atomic mass is 9.94. The molecule has 2 atom stereocenters. The maximum atomic E-state index is 12.0. The Morgan fingerprint density at radius 1 is 1.28 bits per heavy atom. The number of benzene rings is 1. The molecule has 1 saturated carbocycles. The average molecular weight is 268 g/mol. The highest BCUT2D eigenvalue weighted by atomic mass is 35.5. The van der Waals surface area contributed by atoms with E-state index < -0.39 is 0 Å². The molecular weight excluding hydrogens is 250 g/mol. The second kappa shape index (κ2) is 6.10. The van der Waals surface area contributed by atoms with Crippen LogP contribution >= 0.6 is 11.6 Å². The van der Waals surface area contributed by atoms with E-state index in [0.29, 0.717) is 5.56 Å². The van der Waals surface area contributed by atoms with Crippen molar-refractivity contribution < 1.29 is 9.53 Å². The second-order valence-corrected chi connectivity index (χ2v) is 5.17. The fraction of sp³-hybridized carbons (Fsp3) is 0.500. The number of rotatable bonds is 3. The van der Waals surface area contributed by atoms with Crippen molar-refractivity contribution in [3.8, 4) is 5.75 Å². The predicted molar refractivity (Wildman–Crippen MR) is 72.4 cm³/mol. The molecule has 0 spiro atoms. The summed E-state index contributed by atoms with van der Waals surface area (Å²) in [6, 6.07) is 7.19. The quantitative estimate of drug-likeness (QED) is 0.855. The van der Waals surface area contributed by atoms with E-state index in [1.807, 2.05) is 0 Å². The molecular formula is C14H18ClNO2. The molecule has 1 aromatic carbocycles. The molecule has 3 nitrogen and oxygen atoms in total. The standard InChI is InChI=1S/C14H18ClNO2/c1-18-11-8-6-10(7-9-11)14(17)16-13-5-3-2-4-12(13)15/h6-9,12-13H,2-5H2,1H3,(H,16,17). The van der Waals surface area contributed by atoms with Crippen LogP contribution in [0.15, 0.2) is 24.3 Å². The van der Waals surface area contributed by atoms with E-state index in [9.17, 15) is 4.79 Å². The van der Waals surface area contributed by atoms with Gasteiger partial charge in [0.05, 0.1) is 12.5 Å². The van der Waals surface area contributed by atoms with Crippen LogP contribution in [0.5, 0.6) is 5.75 Å². The van der Waals surface area contributed by atoms with Crippen LogP contribution in [0.2, 0.25) is 0 Å². The largest absolute Gasteiger partial charge is 0.497 e. The van der Waals surface area contributed by atoms with Crippen molar-refractivity contribution in [2.45, 2.75) is 37.1 Å². The van der Waals surface area contributed by atoms with Crippen LogP contribution in [-0.4, -0.2) is 24.4 Å². The van der Waals surface area contributed by atoms with Gasteiger partial charge in [-0.1, -0.05) is 12.8 Å². The molecule has 1 fully saturated rings. The summed E-state index contributed by atoms with van der Waals surface area (Å²) in [7, 11) is 1.61. The van der Waals surface area contributed by atoms with E-state index in [1.165, 1.54) is 0 Å². The zero-order valence-corrected chi connectivity index (χ0v) is 11.2. The molecule has 0 aliphatic heterocycles. The fourth-order valence-electron chi connectivity index (χ4n) is 2.24. The summed E-state index contributed by atoms with van der Waals surface area (Å²) >= 11 is 6.23. The minimum atomic E-state index is -0.0600. The Morgan fingerprint density at radius 2 is 1.94 bits per heavy atom. The van der Waals surface area contributed by atoms with Crippen LogP contribution in [0, 0.1) is 0 Å². The van der Waals surface area contributed by atoms with Gasteiger partial charge in [0.15, 0.2) is 0 Å². The SMILES string of the molecule is COc1ccc(C(=O)NC2CCCCC2Cl)cc1. The number of hydrogen-bond acceptors (Lipinski definition) is 2. The first-order chi connectivity index (χ1) is 8.70. The normalized spacial score (nSPS) is 23.4. The Labute approximate surface area is 112 Å². The minimum Gasteiger partial charge on any atom is -0.497 e. The molecule has 98 valence electrons. The summed E-state index contributed by atoms with van der Waals surface area (Å²) in [5, 5.41) is 3.07. The zero-order valence-electron chi connectivity index (χ0n) is 10.5. The number of carbonyl (C=O) groups excluding carboxylic acids is 1. The second-order valence-electron chi connectivity index (χ2n) is 4.61. The molecule has 0 aromatic heterocycles. The van der Waals surface area contributed by atoms with Gasteiger partial charge < -0.3 is 10.1 Å². The number of alkyl halides is 1. The maximum Gasteiger partial charge on any atom is 0.251 e. The molecule has 2 rings (SSSR count). The first-order valence-corrected chi connectivity index (χ1v) is 6.73. The third kappa shape index (κ3) is 3.16. The molecule has 1 amide bonds. The maximum absolute atomic E-state index is 12.0. The van der Waals surface area contributed by atoms with Crippen molar-refractivity contribution in [1.29, 1.82) is 0 Å². The Kier molecular flexibility index (Phi) is 4.48. The minimum absolute atomic E-state index is 0.0564. The van der Waals surface area contributed by atoms with Gasteiger partial charge in [-0.05, 0) is 37.1 Å². The summed E-state index contributed by atoms with van der Waals surface area (Å²) in [5.41, 5.74) is 0.644. The van der Waals surface area contributed by atoms with E-state index in [1.54, 1.807) is 31.4 Å². The highest BCUT2D eigenvalue weighted by molar-refractivity contribution is 6.21. The highest BCUT2D eigenvalue weighted by Crippen LogP contribution is 2.23. The van der Waals surface area contributed by atoms with Gasteiger partial charge in [-0.2, -0.15) is 0 Å². The van der Waals surface area contributed by atoms with Crippen molar-refractivity contribution in [2.75, 3.05) is 7.11 Å². The monoisotopic (exact) mass is 267 g/mol. The van der Waals surface area contributed by atoms with Gasteiger partial charge in [-0.15, -0.1) is 11.6 Å². The third-order valence-electron chi connectivity index (χ3n) is 3.35. The van der Waals surface area contributed by atoms with E-state index in [4.69, 9.17) is 16.3 Å². The molecule has 1 aromatic rings. The van der Waals surface area contributed by atoms with Gasteiger partial charge in [0, 0.05) is 11.6 Å². The topological polar surface area (TPSA) is 38.3 Å². The molecule has 4 heteroatoms. The van der Waals surface area contributed by atoms with Crippen molar-refractivity contribution in [3.05, 3.63) is 29.8 Å². The molecule has 0 heterocycles. The predicted octanol–water partition coefficient (Wildman–Crippen LogP) is 2.98. The first-order valence-electron chi connectivity index (χ1n) is 6.29. The third-order valence-corrected chi connectivity index (χ3v) is 3.87. The summed E-state index contributed by atoms with van der Waals surface area (Å²) in [6.07, 6.45) is 4.24. The molecule has 1 aliphatic rings. The van der Waals surface area contributed by atoms with E-state index in [-0.39, 0.29) is 17.3 Å². The summed E-state index contributed by atoms with van der Waals surface area (Å²) in [6.45, 7) is 0. The number of methoxy groups -OCH3 is 1. The Balaban J connectivity index is 1.97. The van der Waals surface area contributed by atoms with Crippen LogP contribution in [-0.2, 0) is 0 Å². The van der Waals surface area contributed by atoms with Crippen LogP contribution in [0.3, 0.4) is 0 Å². The molecule has 0 saturated heterocycles. The van der Waals surface area contributed by atoms with E-state index in [0.717, 1.165) is 31.4 Å². The lowest BCUT2D eigenvalue weighted by Crippen LogP contribution is -2.42. The summed E-state index contributed by atoms with van der Waals surface area (Å²) in [5.74, 6) is 0.689. The van der Waals surface area contributed by atoms with Gasteiger partial charge in [-0.3, -0.25) is 4.79 Å². The fourth-order valence-corrected chi connectivity index (χ4v) is 2.59. The molecule has 1 N–H and O–H groups in total. The van der Waals surface area contributed by atoms with Gasteiger partial charge in [0.1, 0.15) is 5.75 Å². The first kappa shape index (κ1) is 13.2. The van der Waals surface area contributed by atoms with E-state index in [2.05, 4.69) is 5.32 Å². The number of carbonyl (C=O) groups is 1. The molecule has 0 radical (unpaired) electrons. The molecule has 2 unspecified atom stereocenters. The van der Waals surface area contributed by atoms with Crippen molar-refractivity contribution in [2.24, 2.45) is 0 Å². The van der Waals surface area contributed by atoms with Crippen LogP contribution < -0.4 is 10.1 Å². The number of hydrogen-bond donors (Lipinski definition) is 1. The number of ether oxygens (including phenoxy) is 1. The van der Waals surface area contributed by atoms with Crippen LogP contribution in [0.4, 0.5) is 0 Å². The number of nitrogens with one attached hydrogen (secondary N) is 1. The van der Waals surface area contributed by atoms with Gasteiger partial charge in [0.2, 0.25) is 0 Å². The molecule has 1 aliphatic carbocycles. The van der Waals surface area contributed by atoms with Gasteiger partial charge >= 0.3 is 0 Å². The van der Waals surface area contributed by atoms with Crippen molar-refractivity contribution in [3.63, 3.8) is 0 Å². The smallest absolute Gasteiger partial charge is 0.251 e. The molecule has 0 bridgehead atoms.